The number of aryl methyl sites for hydroxylation is 1. The molecule has 1 aliphatic rings. The molecule has 0 unspecified atom stereocenters. The fourth-order valence-corrected chi connectivity index (χ4v) is 3.20. The molecule has 1 aliphatic carbocycles. The topological polar surface area (TPSA) is 0 Å². The normalized spacial score (nSPS) is 13.5. The van der Waals surface area contributed by atoms with E-state index in [9.17, 15) is 0 Å². The zero-order chi connectivity index (χ0) is 15.0. The number of hydrogen-bond donors (Lipinski definition) is 0. The quantitative estimate of drug-likeness (QED) is 0.632. The number of fused-ring (bicyclic) bond motifs is 1. The minimum Gasteiger partial charge on any atom is -0.0655 e. The average molecular weight is 276 g/mol. The van der Waals surface area contributed by atoms with Crippen molar-refractivity contribution < 1.29 is 0 Å². The number of rotatable bonds is 3. The molecule has 0 bridgehead atoms. The van der Waals surface area contributed by atoms with Crippen LogP contribution in [-0.4, -0.2) is 0 Å². The van der Waals surface area contributed by atoms with E-state index in [4.69, 9.17) is 0 Å². The van der Waals surface area contributed by atoms with Crippen LogP contribution in [0.4, 0.5) is 0 Å². The minimum absolute atomic E-state index is 0.592. The lowest BCUT2D eigenvalue weighted by atomic mass is 9.93. The zero-order valence-electron chi connectivity index (χ0n) is 13.5. The van der Waals surface area contributed by atoms with E-state index in [0.717, 1.165) is 12.8 Å². The van der Waals surface area contributed by atoms with Gasteiger partial charge < -0.3 is 0 Å². The van der Waals surface area contributed by atoms with Gasteiger partial charge in [-0.2, -0.15) is 0 Å². The monoisotopic (exact) mass is 276 g/mol. The van der Waals surface area contributed by atoms with E-state index in [0.29, 0.717) is 5.92 Å². The first-order valence-corrected chi connectivity index (χ1v) is 8.01. The Morgan fingerprint density at radius 2 is 1.76 bits per heavy atom. The van der Waals surface area contributed by atoms with Crippen LogP contribution in [0.3, 0.4) is 0 Å². The van der Waals surface area contributed by atoms with Gasteiger partial charge in [0.15, 0.2) is 0 Å². The maximum atomic E-state index is 2.40. The molecule has 0 saturated heterocycles. The van der Waals surface area contributed by atoms with Crippen molar-refractivity contribution in [3.8, 4) is 11.1 Å². The lowest BCUT2D eigenvalue weighted by Crippen LogP contribution is -1.91. The van der Waals surface area contributed by atoms with Gasteiger partial charge in [0, 0.05) is 0 Å². The summed E-state index contributed by atoms with van der Waals surface area (Å²) in [5.41, 5.74) is 9.99. The maximum absolute atomic E-state index is 2.40. The molecule has 2 aromatic carbocycles. The van der Waals surface area contributed by atoms with Crippen LogP contribution in [0.5, 0.6) is 0 Å². The first-order chi connectivity index (χ1) is 10.1. The highest BCUT2D eigenvalue weighted by molar-refractivity contribution is 5.81. The van der Waals surface area contributed by atoms with Gasteiger partial charge in [-0.3, -0.25) is 0 Å². The van der Waals surface area contributed by atoms with E-state index in [1.165, 1.54) is 33.4 Å². The van der Waals surface area contributed by atoms with Crippen LogP contribution in [-0.2, 0) is 6.42 Å². The molecule has 0 heterocycles. The Labute approximate surface area is 128 Å². The molecule has 0 heteroatoms. The van der Waals surface area contributed by atoms with Gasteiger partial charge in [0.25, 0.3) is 0 Å². The highest BCUT2D eigenvalue weighted by Crippen LogP contribution is 2.36. The number of hydrogen-bond acceptors (Lipinski definition) is 0. The molecule has 0 radical (unpaired) electrons. The second-order valence-corrected chi connectivity index (χ2v) is 6.49. The average Bonchev–Trinajstić information content (AvgIpc) is 2.89. The molecule has 0 spiro atoms. The smallest absolute Gasteiger partial charge is 0.00576 e. The van der Waals surface area contributed by atoms with Crippen LogP contribution in [0, 0.1) is 6.92 Å². The van der Waals surface area contributed by atoms with Crippen LogP contribution in [0.2, 0.25) is 0 Å². The fourth-order valence-electron chi connectivity index (χ4n) is 3.20. The predicted octanol–water partition coefficient (Wildman–Crippen LogP) is 6.13. The minimum atomic E-state index is 0.592. The summed E-state index contributed by atoms with van der Waals surface area (Å²) in [6, 6.07) is 13.8. The Hall–Kier alpha value is -1.82. The van der Waals surface area contributed by atoms with E-state index in [1.54, 1.807) is 5.57 Å². The molecule has 0 atom stereocenters. The molecule has 0 N–H and O–H groups in total. The molecular weight excluding hydrogens is 252 g/mol. The molecule has 0 aromatic heterocycles. The molecule has 0 nitrogen and oxygen atoms in total. The Kier molecular flexibility index (Phi) is 3.71. The molecule has 0 aliphatic heterocycles. The van der Waals surface area contributed by atoms with E-state index < -0.39 is 0 Å². The first-order valence-electron chi connectivity index (χ1n) is 8.01. The van der Waals surface area contributed by atoms with Crippen LogP contribution in [0.25, 0.3) is 17.2 Å². The molecule has 0 saturated carbocycles. The SMILES string of the molecule is CCC1=Cc2c(cc(C)cc2-c2ccc(C(C)C)cc2)C1. The Morgan fingerprint density at radius 3 is 2.38 bits per heavy atom. The highest BCUT2D eigenvalue weighted by atomic mass is 14.2. The summed E-state index contributed by atoms with van der Waals surface area (Å²) in [4.78, 5) is 0. The molecule has 2 aromatic rings. The second kappa shape index (κ2) is 5.52. The lowest BCUT2D eigenvalue weighted by Gasteiger charge is -2.12. The summed E-state index contributed by atoms with van der Waals surface area (Å²) in [6.45, 7) is 8.95. The Bertz CT molecular complexity index is 685. The van der Waals surface area contributed by atoms with E-state index >= 15 is 0 Å². The molecule has 3 rings (SSSR count). The Balaban J connectivity index is 2.08. The van der Waals surface area contributed by atoms with Gasteiger partial charge in [0.2, 0.25) is 0 Å². The van der Waals surface area contributed by atoms with Crippen molar-refractivity contribution in [2.75, 3.05) is 0 Å². The highest BCUT2D eigenvalue weighted by Gasteiger charge is 2.16. The summed E-state index contributed by atoms with van der Waals surface area (Å²) in [5.74, 6) is 0.592. The third-order valence-corrected chi connectivity index (χ3v) is 4.52. The third-order valence-electron chi connectivity index (χ3n) is 4.52. The number of allylic oxidation sites excluding steroid dienone is 1. The summed E-state index contributed by atoms with van der Waals surface area (Å²) < 4.78 is 0. The predicted molar refractivity (Wildman–Crippen MR) is 92.7 cm³/mol. The van der Waals surface area contributed by atoms with E-state index in [1.807, 2.05) is 0 Å². The summed E-state index contributed by atoms with van der Waals surface area (Å²) in [6.07, 6.45) is 4.69. The summed E-state index contributed by atoms with van der Waals surface area (Å²) in [5, 5.41) is 0. The molecule has 0 amide bonds. The van der Waals surface area contributed by atoms with E-state index in [2.05, 4.69) is 70.2 Å². The Morgan fingerprint density at radius 1 is 1.05 bits per heavy atom. The lowest BCUT2D eigenvalue weighted by molar-refractivity contribution is 0.867. The zero-order valence-corrected chi connectivity index (χ0v) is 13.5. The summed E-state index contributed by atoms with van der Waals surface area (Å²) >= 11 is 0. The van der Waals surface area contributed by atoms with Crippen molar-refractivity contribution >= 4 is 6.08 Å². The van der Waals surface area contributed by atoms with Gasteiger partial charge in [-0.05, 0) is 53.5 Å². The van der Waals surface area contributed by atoms with Crippen LogP contribution < -0.4 is 0 Å². The summed E-state index contributed by atoms with van der Waals surface area (Å²) in [7, 11) is 0. The van der Waals surface area contributed by atoms with Crippen LogP contribution in [0.1, 0.15) is 55.4 Å². The molecule has 21 heavy (non-hydrogen) atoms. The fraction of sp³-hybridized carbons (Fsp3) is 0.333. The van der Waals surface area contributed by atoms with Crippen molar-refractivity contribution in [3.05, 3.63) is 64.2 Å². The van der Waals surface area contributed by atoms with Crippen molar-refractivity contribution in [1.29, 1.82) is 0 Å². The van der Waals surface area contributed by atoms with Gasteiger partial charge in [-0.1, -0.05) is 74.4 Å². The van der Waals surface area contributed by atoms with Crippen molar-refractivity contribution in [2.24, 2.45) is 0 Å². The van der Waals surface area contributed by atoms with Gasteiger partial charge in [-0.15, -0.1) is 0 Å². The second-order valence-electron chi connectivity index (χ2n) is 6.49. The third kappa shape index (κ3) is 2.68. The maximum Gasteiger partial charge on any atom is -0.00576 e. The standard InChI is InChI=1S/C21H24/c1-5-16-12-19-10-15(4)11-20(21(19)13-16)18-8-6-17(7-9-18)14(2)3/h6-11,13-14H,5,12H2,1-4H3. The van der Waals surface area contributed by atoms with Crippen molar-refractivity contribution in [1.82, 2.24) is 0 Å². The first kappa shape index (κ1) is 14.1. The van der Waals surface area contributed by atoms with Gasteiger partial charge in [0.1, 0.15) is 0 Å². The van der Waals surface area contributed by atoms with E-state index in [-0.39, 0.29) is 0 Å². The van der Waals surface area contributed by atoms with Gasteiger partial charge >= 0.3 is 0 Å². The van der Waals surface area contributed by atoms with Gasteiger partial charge in [0.05, 0.1) is 0 Å². The number of benzene rings is 2. The molecule has 108 valence electrons. The van der Waals surface area contributed by atoms with Crippen LogP contribution in [0.15, 0.2) is 42.0 Å². The molecule has 0 fully saturated rings. The van der Waals surface area contributed by atoms with Crippen molar-refractivity contribution in [3.63, 3.8) is 0 Å². The largest absolute Gasteiger partial charge is 0.0655 e. The van der Waals surface area contributed by atoms with Gasteiger partial charge in [-0.25, -0.2) is 0 Å². The van der Waals surface area contributed by atoms with Crippen molar-refractivity contribution in [2.45, 2.75) is 46.5 Å². The molecular formula is C21H24. The van der Waals surface area contributed by atoms with Crippen LogP contribution >= 0.6 is 0 Å².